The molecule has 1 heterocycles. The smallest absolute Gasteiger partial charge is 0.0410 e. The molecule has 1 N–H and O–H groups in total. The zero-order valence-electron chi connectivity index (χ0n) is 9.79. The molecule has 0 amide bonds. The summed E-state index contributed by atoms with van der Waals surface area (Å²) >= 11 is 8.05. The second kappa shape index (κ2) is 5.44. The number of thioether (sulfide) groups is 1. The van der Waals surface area contributed by atoms with Crippen LogP contribution in [0, 0.1) is 0 Å². The fourth-order valence-electron chi connectivity index (χ4n) is 2.12. The molecule has 0 spiro atoms. The van der Waals surface area contributed by atoms with Crippen LogP contribution in [0.4, 0.5) is 0 Å². The summed E-state index contributed by atoms with van der Waals surface area (Å²) in [6.45, 7) is 4.39. The van der Waals surface area contributed by atoms with Crippen molar-refractivity contribution >= 4 is 23.4 Å². The molecule has 3 heteroatoms. The van der Waals surface area contributed by atoms with Crippen molar-refractivity contribution in [3.8, 4) is 0 Å². The summed E-state index contributed by atoms with van der Waals surface area (Å²) in [5, 5.41) is 4.48. The molecule has 0 aromatic heterocycles. The normalized spacial score (nSPS) is 20.6. The number of benzene rings is 1. The van der Waals surface area contributed by atoms with Crippen LogP contribution in [0.25, 0.3) is 0 Å². The van der Waals surface area contributed by atoms with Gasteiger partial charge in [-0.3, -0.25) is 0 Å². The lowest BCUT2D eigenvalue weighted by Gasteiger charge is -2.21. The fourth-order valence-corrected chi connectivity index (χ4v) is 3.37. The highest BCUT2D eigenvalue weighted by atomic mass is 35.5. The Morgan fingerprint density at radius 2 is 2.25 bits per heavy atom. The average molecular weight is 256 g/mol. The van der Waals surface area contributed by atoms with E-state index < -0.39 is 0 Å². The van der Waals surface area contributed by atoms with Gasteiger partial charge in [0.15, 0.2) is 0 Å². The minimum Gasteiger partial charge on any atom is -0.308 e. The highest BCUT2D eigenvalue weighted by molar-refractivity contribution is 7.99. The molecule has 1 unspecified atom stereocenters. The van der Waals surface area contributed by atoms with Crippen molar-refractivity contribution in [3.63, 3.8) is 0 Å². The lowest BCUT2D eigenvalue weighted by molar-refractivity contribution is 0.447. The summed E-state index contributed by atoms with van der Waals surface area (Å²) in [5.41, 5.74) is 1.38. The zero-order chi connectivity index (χ0) is 11.5. The SMILES string of the molecule is CC(C)NC1CCCSc2ccc(Cl)cc21. The Balaban J connectivity index is 2.31. The van der Waals surface area contributed by atoms with E-state index in [1.54, 1.807) is 0 Å². The van der Waals surface area contributed by atoms with E-state index in [2.05, 4.69) is 31.3 Å². The Morgan fingerprint density at radius 3 is 3.00 bits per heavy atom. The average Bonchev–Trinajstić information content (AvgIpc) is 2.41. The molecular weight excluding hydrogens is 238 g/mol. The quantitative estimate of drug-likeness (QED) is 0.847. The van der Waals surface area contributed by atoms with E-state index in [1.165, 1.54) is 29.1 Å². The predicted molar refractivity (Wildman–Crippen MR) is 72.4 cm³/mol. The predicted octanol–water partition coefficient (Wildman–Crippen LogP) is 4.27. The molecule has 1 nitrogen and oxygen atoms in total. The van der Waals surface area contributed by atoms with E-state index in [0.29, 0.717) is 12.1 Å². The van der Waals surface area contributed by atoms with Gasteiger partial charge >= 0.3 is 0 Å². The molecule has 0 saturated carbocycles. The zero-order valence-corrected chi connectivity index (χ0v) is 11.4. The Morgan fingerprint density at radius 1 is 1.44 bits per heavy atom. The summed E-state index contributed by atoms with van der Waals surface area (Å²) in [6, 6.07) is 7.24. The Hall–Kier alpha value is -0.180. The second-order valence-electron chi connectivity index (χ2n) is 4.55. The summed E-state index contributed by atoms with van der Waals surface area (Å²) in [7, 11) is 0. The molecule has 1 atom stereocenters. The van der Waals surface area contributed by atoms with Crippen LogP contribution in [-0.2, 0) is 0 Å². The van der Waals surface area contributed by atoms with Crippen molar-refractivity contribution in [2.45, 2.75) is 43.7 Å². The summed E-state index contributed by atoms with van der Waals surface area (Å²) in [4.78, 5) is 1.39. The van der Waals surface area contributed by atoms with Gasteiger partial charge in [-0.1, -0.05) is 25.4 Å². The molecular formula is C13H18ClNS. The summed E-state index contributed by atoms with van der Waals surface area (Å²) < 4.78 is 0. The maximum Gasteiger partial charge on any atom is 0.0410 e. The van der Waals surface area contributed by atoms with Crippen molar-refractivity contribution in [3.05, 3.63) is 28.8 Å². The van der Waals surface area contributed by atoms with Gasteiger partial charge in [0, 0.05) is 22.0 Å². The maximum atomic E-state index is 6.09. The number of halogens is 1. The first-order chi connectivity index (χ1) is 7.66. The molecule has 88 valence electrons. The van der Waals surface area contributed by atoms with Gasteiger partial charge in [-0.05, 0) is 42.4 Å². The molecule has 0 bridgehead atoms. The van der Waals surface area contributed by atoms with E-state index in [9.17, 15) is 0 Å². The van der Waals surface area contributed by atoms with Gasteiger partial charge < -0.3 is 5.32 Å². The van der Waals surface area contributed by atoms with Crippen molar-refractivity contribution < 1.29 is 0 Å². The molecule has 0 aliphatic carbocycles. The van der Waals surface area contributed by atoms with Gasteiger partial charge in [-0.25, -0.2) is 0 Å². The first-order valence-electron chi connectivity index (χ1n) is 5.85. The topological polar surface area (TPSA) is 12.0 Å². The number of rotatable bonds is 2. The third-order valence-corrected chi connectivity index (χ3v) is 4.19. The van der Waals surface area contributed by atoms with Gasteiger partial charge in [0.2, 0.25) is 0 Å². The fraction of sp³-hybridized carbons (Fsp3) is 0.538. The first-order valence-corrected chi connectivity index (χ1v) is 7.21. The van der Waals surface area contributed by atoms with E-state index >= 15 is 0 Å². The standard InChI is InChI=1S/C13H18ClNS/c1-9(2)15-12-4-3-7-16-13-6-5-10(14)8-11(12)13/h5-6,8-9,12,15H,3-4,7H2,1-2H3. The molecule has 2 rings (SSSR count). The van der Waals surface area contributed by atoms with Gasteiger partial charge in [0.05, 0.1) is 0 Å². The minimum atomic E-state index is 0.462. The third-order valence-electron chi connectivity index (χ3n) is 2.78. The van der Waals surface area contributed by atoms with Crippen LogP contribution >= 0.6 is 23.4 Å². The van der Waals surface area contributed by atoms with Crippen molar-refractivity contribution in [1.29, 1.82) is 0 Å². The second-order valence-corrected chi connectivity index (χ2v) is 6.12. The lowest BCUT2D eigenvalue weighted by Crippen LogP contribution is -2.28. The number of hydrogen-bond acceptors (Lipinski definition) is 2. The summed E-state index contributed by atoms with van der Waals surface area (Å²) in [5.74, 6) is 1.21. The number of nitrogens with one attached hydrogen (secondary N) is 1. The van der Waals surface area contributed by atoms with Gasteiger partial charge in [-0.15, -0.1) is 11.8 Å². The highest BCUT2D eigenvalue weighted by Crippen LogP contribution is 2.36. The van der Waals surface area contributed by atoms with Crippen LogP contribution < -0.4 is 5.32 Å². The lowest BCUT2D eigenvalue weighted by atomic mass is 10.0. The van der Waals surface area contributed by atoms with Gasteiger partial charge in [0.1, 0.15) is 0 Å². The number of hydrogen-bond donors (Lipinski definition) is 1. The van der Waals surface area contributed by atoms with Crippen molar-refractivity contribution in [1.82, 2.24) is 5.32 Å². The van der Waals surface area contributed by atoms with Crippen LogP contribution in [0.3, 0.4) is 0 Å². The van der Waals surface area contributed by atoms with E-state index in [4.69, 9.17) is 11.6 Å². The Bertz CT molecular complexity index is 365. The number of fused-ring (bicyclic) bond motifs is 1. The Kier molecular flexibility index (Phi) is 4.17. The van der Waals surface area contributed by atoms with E-state index in [0.717, 1.165) is 5.02 Å². The van der Waals surface area contributed by atoms with Crippen LogP contribution in [-0.4, -0.2) is 11.8 Å². The van der Waals surface area contributed by atoms with E-state index in [1.807, 2.05) is 17.8 Å². The molecule has 0 fully saturated rings. The van der Waals surface area contributed by atoms with Crippen LogP contribution in [0.15, 0.2) is 23.1 Å². The van der Waals surface area contributed by atoms with Gasteiger partial charge in [-0.2, -0.15) is 0 Å². The van der Waals surface area contributed by atoms with Crippen molar-refractivity contribution in [2.75, 3.05) is 5.75 Å². The molecule has 1 aromatic rings. The first kappa shape index (κ1) is 12.3. The molecule has 1 aliphatic heterocycles. The van der Waals surface area contributed by atoms with Crippen molar-refractivity contribution in [2.24, 2.45) is 0 Å². The summed E-state index contributed by atoms with van der Waals surface area (Å²) in [6.07, 6.45) is 2.47. The van der Waals surface area contributed by atoms with Crippen LogP contribution in [0.5, 0.6) is 0 Å². The largest absolute Gasteiger partial charge is 0.308 e. The molecule has 1 aromatic carbocycles. The molecule has 1 aliphatic rings. The van der Waals surface area contributed by atoms with Crippen LogP contribution in [0.2, 0.25) is 5.02 Å². The molecule has 0 radical (unpaired) electrons. The van der Waals surface area contributed by atoms with Gasteiger partial charge in [0.25, 0.3) is 0 Å². The highest BCUT2D eigenvalue weighted by Gasteiger charge is 2.19. The van der Waals surface area contributed by atoms with E-state index in [-0.39, 0.29) is 0 Å². The molecule has 16 heavy (non-hydrogen) atoms. The third kappa shape index (κ3) is 2.93. The maximum absolute atomic E-state index is 6.09. The monoisotopic (exact) mass is 255 g/mol. The molecule has 0 saturated heterocycles. The minimum absolute atomic E-state index is 0.462. The van der Waals surface area contributed by atoms with Crippen LogP contribution in [0.1, 0.15) is 38.3 Å². The Labute approximate surface area is 107 Å².